The predicted molar refractivity (Wildman–Crippen MR) is 108 cm³/mol. The normalized spacial score (nSPS) is 17.4. The smallest absolute Gasteiger partial charge is 0.207 e. The second-order valence-electron chi connectivity index (χ2n) is 6.42. The van der Waals surface area contributed by atoms with Gasteiger partial charge in [-0.05, 0) is 44.3 Å². The largest absolute Gasteiger partial charge is 0.247 e. The highest BCUT2D eigenvalue weighted by molar-refractivity contribution is 7.99. The van der Waals surface area contributed by atoms with Crippen molar-refractivity contribution in [2.45, 2.75) is 30.6 Å². The summed E-state index contributed by atoms with van der Waals surface area (Å²) in [6, 6.07) is 13.3. The number of benzene rings is 2. The number of aryl methyl sites for hydroxylation is 2. The van der Waals surface area contributed by atoms with Gasteiger partial charge in [-0.15, -0.1) is 0 Å². The van der Waals surface area contributed by atoms with E-state index in [1.807, 2.05) is 20.8 Å². The molecule has 2 aromatic carbocycles. The van der Waals surface area contributed by atoms with Gasteiger partial charge in [-0.1, -0.05) is 42.3 Å². The molecular weight excluding hydrogens is 403 g/mol. The Labute approximate surface area is 162 Å². The van der Waals surface area contributed by atoms with Crippen LogP contribution >= 0.6 is 8.22 Å². The molecule has 6 nitrogen and oxygen atoms in total. The summed E-state index contributed by atoms with van der Waals surface area (Å²) in [5.74, 6) is 0. The Balaban J connectivity index is 1.95. The summed E-state index contributed by atoms with van der Waals surface area (Å²) in [5.41, 5.74) is 1.94. The van der Waals surface area contributed by atoms with Crippen LogP contribution in [0, 0.1) is 13.8 Å². The summed E-state index contributed by atoms with van der Waals surface area (Å²) in [5, 5.41) is 0. The molecule has 0 bridgehead atoms. The van der Waals surface area contributed by atoms with E-state index in [0.29, 0.717) is 6.16 Å². The first-order valence-electron chi connectivity index (χ1n) is 8.64. The van der Waals surface area contributed by atoms with Crippen LogP contribution in [0.5, 0.6) is 0 Å². The van der Waals surface area contributed by atoms with Crippen LogP contribution in [0.2, 0.25) is 0 Å². The third-order valence-corrected chi connectivity index (χ3v) is 12.1. The van der Waals surface area contributed by atoms with E-state index in [0.717, 1.165) is 11.1 Å². The third kappa shape index (κ3) is 3.82. The van der Waals surface area contributed by atoms with Crippen LogP contribution in [0.1, 0.15) is 18.1 Å². The van der Waals surface area contributed by atoms with Crippen molar-refractivity contribution in [3.63, 3.8) is 0 Å². The summed E-state index contributed by atoms with van der Waals surface area (Å²) in [4.78, 5) is 0.396. The number of hydrogen-bond donors (Lipinski definition) is 0. The van der Waals surface area contributed by atoms with E-state index in [1.165, 1.54) is 8.15 Å². The Morgan fingerprint density at radius 3 is 1.37 bits per heavy atom. The van der Waals surface area contributed by atoms with Crippen molar-refractivity contribution in [2.75, 3.05) is 19.3 Å². The first-order chi connectivity index (χ1) is 12.7. The Bertz CT molecular complexity index is 937. The summed E-state index contributed by atoms with van der Waals surface area (Å²) < 4.78 is 55.1. The molecule has 0 saturated carbocycles. The van der Waals surface area contributed by atoms with Crippen molar-refractivity contribution in [1.82, 2.24) is 8.15 Å². The minimum Gasteiger partial charge on any atom is -0.207 e. The molecule has 0 atom stereocenters. The van der Waals surface area contributed by atoms with Gasteiger partial charge in [0.25, 0.3) is 0 Å². The molecule has 1 saturated heterocycles. The third-order valence-electron chi connectivity index (χ3n) is 4.47. The zero-order valence-corrected chi connectivity index (χ0v) is 18.1. The fraction of sp³-hybridized carbons (Fsp3) is 0.333. The zero-order valence-electron chi connectivity index (χ0n) is 15.5. The standard InChI is InChI=1S/C18H23N2O4PS2/c1-4-25-19(26(21,22)17-9-5-15(2)6-10-17)13-14-20(25)27(23,24)18-11-7-16(3)8-12-18/h5-12H,4,13-14H2,1-3H3. The van der Waals surface area contributed by atoms with Gasteiger partial charge in [0.05, 0.1) is 18.0 Å². The maximum atomic E-state index is 13.1. The molecule has 146 valence electrons. The van der Waals surface area contributed by atoms with Crippen molar-refractivity contribution in [3.05, 3.63) is 59.7 Å². The Kier molecular flexibility index (Phi) is 5.75. The Morgan fingerprint density at radius 2 is 1.07 bits per heavy atom. The fourth-order valence-electron chi connectivity index (χ4n) is 2.98. The van der Waals surface area contributed by atoms with Crippen molar-refractivity contribution in [3.8, 4) is 0 Å². The summed E-state index contributed by atoms with van der Waals surface area (Å²) in [7, 11) is -9.00. The van der Waals surface area contributed by atoms with E-state index in [-0.39, 0.29) is 22.9 Å². The molecule has 1 aliphatic rings. The van der Waals surface area contributed by atoms with Crippen LogP contribution in [-0.4, -0.2) is 44.2 Å². The van der Waals surface area contributed by atoms with Crippen LogP contribution < -0.4 is 0 Å². The molecule has 1 heterocycles. The van der Waals surface area contributed by atoms with E-state index in [2.05, 4.69) is 0 Å². The fourth-order valence-corrected chi connectivity index (χ4v) is 10.5. The topological polar surface area (TPSA) is 74.8 Å². The summed E-state index contributed by atoms with van der Waals surface area (Å²) in [6.07, 6.45) is 0.436. The van der Waals surface area contributed by atoms with Gasteiger partial charge >= 0.3 is 0 Å². The number of sulfonamides is 2. The Hall–Kier alpha value is -1.31. The van der Waals surface area contributed by atoms with E-state index >= 15 is 0 Å². The van der Waals surface area contributed by atoms with Crippen LogP contribution in [-0.2, 0) is 20.0 Å². The van der Waals surface area contributed by atoms with E-state index < -0.39 is 28.3 Å². The average Bonchev–Trinajstić information content (AvgIpc) is 3.08. The number of hydrogen-bond acceptors (Lipinski definition) is 4. The van der Waals surface area contributed by atoms with Crippen LogP contribution in [0.3, 0.4) is 0 Å². The average molecular weight is 427 g/mol. The number of rotatable bonds is 5. The SMILES string of the molecule is CCP1N(S(=O)(=O)c2ccc(C)cc2)CCN1S(=O)(=O)c1ccc(C)cc1. The van der Waals surface area contributed by atoms with Gasteiger partial charge in [-0.3, -0.25) is 0 Å². The van der Waals surface area contributed by atoms with E-state index in [4.69, 9.17) is 0 Å². The van der Waals surface area contributed by atoms with Gasteiger partial charge < -0.3 is 0 Å². The van der Waals surface area contributed by atoms with Gasteiger partial charge in [-0.25, -0.2) is 16.8 Å². The lowest BCUT2D eigenvalue weighted by molar-refractivity contribution is 0.536. The van der Waals surface area contributed by atoms with E-state index in [1.54, 1.807) is 48.5 Å². The molecule has 0 radical (unpaired) electrons. The molecular formula is C18H23N2O4PS2. The van der Waals surface area contributed by atoms with Gasteiger partial charge in [0.1, 0.15) is 0 Å². The van der Waals surface area contributed by atoms with Crippen molar-refractivity contribution < 1.29 is 16.8 Å². The zero-order chi connectivity index (χ0) is 19.8. The molecule has 0 N–H and O–H groups in total. The first kappa shape index (κ1) is 20.4. The molecule has 9 heteroatoms. The predicted octanol–water partition coefficient (Wildman–Crippen LogP) is 3.33. The lowest BCUT2D eigenvalue weighted by Gasteiger charge is -2.28. The quantitative estimate of drug-likeness (QED) is 0.688. The highest BCUT2D eigenvalue weighted by atomic mass is 32.2. The lowest BCUT2D eigenvalue weighted by atomic mass is 10.2. The van der Waals surface area contributed by atoms with E-state index in [9.17, 15) is 16.8 Å². The Morgan fingerprint density at radius 1 is 0.741 bits per heavy atom. The molecule has 0 spiro atoms. The van der Waals surface area contributed by atoms with Crippen LogP contribution in [0.15, 0.2) is 58.3 Å². The maximum absolute atomic E-state index is 13.1. The monoisotopic (exact) mass is 426 g/mol. The second-order valence-corrected chi connectivity index (χ2v) is 13.0. The minimum absolute atomic E-state index is 0.168. The molecule has 1 aliphatic heterocycles. The van der Waals surface area contributed by atoms with Gasteiger partial charge in [0, 0.05) is 13.1 Å². The minimum atomic E-state index is -3.74. The summed E-state index contributed by atoms with van der Waals surface area (Å²) in [6.45, 7) is 5.94. The highest BCUT2D eigenvalue weighted by Crippen LogP contribution is 2.53. The first-order valence-corrected chi connectivity index (χ1v) is 13.0. The molecule has 0 unspecified atom stereocenters. The van der Waals surface area contributed by atoms with Gasteiger partial charge in [0.2, 0.25) is 20.0 Å². The summed E-state index contributed by atoms with van der Waals surface area (Å²) >= 11 is 0. The molecule has 3 rings (SSSR count). The highest BCUT2D eigenvalue weighted by Gasteiger charge is 2.45. The van der Waals surface area contributed by atoms with Crippen molar-refractivity contribution >= 4 is 28.3 Å². The molecule has 0 aromatic heterocycles. The maximum Gasteiger partial charge on any atom is 0.247 e. The van der Waals surface area contributed by atoms with Crippen LogP contribution in [0.4, 0.5) is 0 Å². The molecule has 0 aliphatic carbocycles. The van der Waals surface area contributed by atoms with Crippen LogP contribution in [0.25, 0.3) is 0 Å². The number of nitrogens with zero attached hydrogens (tertiary/aromatic N) is 2. The lowest BCUT2D eigenvalue weighted by Crippen LogP contribution is -2.27. The molecule has 0 amide bonds. The molecule has 2 aromatic rings. The van der Waals surface area contributed by atoms with Crippen molar-refractivity contribution in [1.29, 1.82) is 0 Å². The van der Waals surface area contributed by atoms with Gasteiger partial charge in [0.15, 0.2) is 0 Å². The molecule has 27 heavy (non-hydrogen) atoms. The second kappa shape index (κ2) is 7.60. The van der Waals surface area contributed by atoms with Gasteiger partial charge in [-0.2, -0.15) is 8.15 Å². The van der Waals surface area contributed by atoms with Crippen molar-refractivity contribution in [2.24, 2.45) is 0 Å². The molecule has 1 fully saturated rings.